The molecule has 0 saturated carbocycles. The smallest absolute Gasteiger partial charge is 0.0290 e. The van der Waals surface area contributed by atoms with E-state index in [0.29, 0.717) is 0 Å². The largest absolute Gasteiger partial charge is 0.284 e. The van der Waals surface area contributed by atoms with Crippen LogP contribution in [0.1, 0.15) is 20.3 Å². The third kappa shape index (κ3) is 2.39. The molecule has 0 amide bonds. The fraction of sp³-hybridized carbons (Fsp3) is 0.500. The highest BCUT2D eigenvalue weighted by atomic mass is 15.3. The minimum absolute atomic E-state index is 0.982. The van der Waals surface area contributed by atoms with Crippen LogP contribution in [0.15, 0.2) is 16.9 Å². The first kappa shape index (κ1) is 7.21. The van der Waals surface area contributed by atoms with Crippen LogP contribution in [-0.4, -0.2) is 6.72 Å². The zero-order valence-corrected chi connectivity index (χ0v) is 5.44. The highest BCUT2D eigenvalue weighted by Gasteiger charge is 1.82. The number of hydrogen-bond acceptors (Lipinski definition) is 2. The first-order chi connectivity index (χ1) is 3.85. The van der Waals surface area contributed by atoms with Gasteiger partial charge >= 0.3 is 0 Å². The van der Waals surface area contributed by atoms with Gasteiger partial charge in [0, 0.05) is 12.4 Å². The molecule has 0 rings (SSSR count). The maximum atomic E-state index is 3.51. The SMILES string of the molecule is C=NN/C(=C\C)CC. The van der Waals surface area contributed by atoms with E-state index in [1.807, 2.05) is 13.0 Å². The van der Waals surface area contributed by atoms with Crippen LogP contribution in [0, 0.1) is 0 Å². The van der Waals surface area contributed by atoms with Crippen molar-refractivity contribution in [2.75, 3.05) is 0 Å². The third-order valence-electron chi connectivity index (χ3n) is 0.952. The number of allylic oxidation sites excluding steroid dienone is 2. The van der Waals surface area contributed by atoms with Crippen LogP contribution < -0.4 is 5.43 Å². The maximum absolute atomic E-state index is 3.51. The molecule has 0 aliphatic heterocycles. The van der Waals surface area contributed by atoms with Crippen LogP contribution in [0.4, 0.5) is 0 Å². The Balaban J connectivity index is 3.53. The molecule has 0 bridgehead atoms. The lowest BCUT2D eigenvalue weighted by atomic mass is 10.3. The first-order valence-electron chi connectivity index (χ1n) is 2.72. The summed E-state index contributed by atoms with van der Waals surface area (Å²) in [7, 11) is 0. The van der Waals surface area contributed by atoms with Crippen LogP contribution in [0.25, 0.3) is 0 Å². The van der Waals surface area contributed by atoms with Gasteiger partial charge in [-0.15, -0.1) is 0 Å². The molecule has 0 atom stereocenters. The van der Waals surface area contributed by atoms with Gasteiger partial charge in [0.1, 0.15) is 0 Å². The first-order valence-corrected chi connectivity index (χ1v) is 2.72. The minimum Gasteiger partial charge on any atom is -0.284 e. The fourth-order valence-corrected chi connectivity index (χ4v) is 0.449. The topological polar surface area (TPSA) is 24.4 Å². The molecule has 0 spiro atoms. The van der Waals surface area contributed by atoms with Gasteiger partial charge in [0.2, 0.25) is 0 Å². The summed E-state index contributed by atoms with van der Waals surface area (Å²) in [5, 5.41) is 3.51. The summed E-state index contributed by atoms with van der Waals surface area (Å²) in [5.74, 6) is 0. The number of nitrogens with one attached hydrogen (secondary N) is 1. The molecule has 0 aliphatic carbocycles. The standard InChI is InChI=1S/C6H12N2/c1-4-6(5-2)8-7-3/h4,8H,3,5H2,1-2H3/b6-4-. The monoisotopic (exact) mass is 112 g/mol. The van der Waals surface area contributed by atoms with Crippen LogP contribution in [0.2, 0.25) is 0 Å². The molecule has 0 heterocycles. The van der Waals surface area contributed by atoms with Crippen molar-refractivity contribution in [1.82, 2.24) is 5.43 Å². The lowest BCUT2D eigenvalue weighted by molar-refractivity contribution is 0.833. The van der Waals surface area contributed by atoms with E-state index in [1.54, 1.807) is 0 Å². The Morgan fingerprint density at radius 1 is 1.88 bits per heavy atom. The fourth-order valence-electron chi connectivity index (χ4n) is 0.449. The quantitative estimate of drug-likeness (QED) is 0.434. The summed E-state index contributed by atoms with van der Waals surface area (Å²) in [4.78, 5) is 0. The second kappa shape index (κ2) is 4.37. The maximum Gasteiger partial charge on any atom is 0.0290 e. The molecule has 0 radical (unpaired) electrons. The van der Waals surface area contributed by atoms with Gasteiger partial charge < -0.3 is 0 Å². The molecule has 0 aliphatic rings. The van der Waals surface area contributed by atoms with E-state index in [9.17, 15) is 0 Å². The van der Waals surface area contributed by atoms with Gasteiger partial charge in [-0.25, -0.2) is 0 Å². The van der Waals surface area contributed by atoms with Crippen molar-refractivity contribution < 1.29 is 0 Å². The van der Waals surface area contributed by atoms with Gasteiger partial charge in [0.25, 0.3) is 0 Å². The Kier molecular flexibility index (Phi) is 3.94. The summed E-state index contributed by atoms with van der Waals surface area (Å²) in [5.41, 5.74) is 3.87. The summed E-state index contributed by atoms with van der Waals surface area (Å²) in [6.07, 6.45) is 2.96. The van der Waals surface area contributed by atoms with Crippen LogP contribution in [0.3, 0.4) is 0 Å². The summed E-state index contributed by atoms with van der Waals surface area (Å²) < 4.78 is 0. The number of hydrazone groups is 1. The van der Waals surface area contributed by atoms with E-state index in [-0.39, 0.29) is 0 Å². The highest BCUT2D eigenvalue weighted by Crippen LogP contribution is 1.92. The molecular weight excluding hydrogens is 100 g/mol. The molecular formula is C6H12N2. The average Bonchev–Trinajstić information content (AvgIpc) is 1.83. The van der Waals surface area contributed by atoms with Gasteiger partial charge in [0.05, 0.1) is 0 Å². The lowest BCUT2D eigenvalue weighted by Crippen LogP contribution is -2.01. The molecule has 0 saturated heterocycles. The van der Waals surface area contributed by atoms with Gasteiger partial charge in [-0.2, -0.15) is 5.10 Å². The van der Waals surface area contributed by atoms with Crippen molar-refractivity contribution in [2.45, 2.75) is 20.3 Å². The number of nitrogens with zero attached hydrogens (tertiary/aromatic N) is 1. The van der Waals surface area contributed by atoms with Crippen molar-refractivity contribution in [1.29, 1.82) is 0 Å². The Hall–Kier alpha value is -0.790. The van der Waals surface area contributed by atoms with Crippen molar-refractivity contribution in [3.05, 3.63) is 11.8 Å². The normalized spacial score (nSPS) is 11.0. The Bertz CT molecular complexity index is 94.7. The number of rotatable bonds is 3. The molecule has 2 nitrogen and oxygen atoms in total. The van der Waals surface area contributed by atoms with E-state index >= 15 is 0 Å². The van der Waals surface area contributed by atoms with E-state index in [1.165, 1.54) is 0 Å². The van der Waals surface area contributed by atoms with E-state index in [4.69, 9.17) is 0 Å². The van der Waals surface area contributed by atoms with Gasteiger partial charge in [-0.05, 0) is 13.3 Å². The van der Waals surface area contributed by atoms with Crippen molar-refractivity contribution in [3.8, 4) is 0 Å². The summed E-state index contributed by atoms with van der Waals surface area (Å²) >= 11 is 0. The molecule has 2 heteroatoms. The highest BCUT2D eigenvalue weighted by molar-refractivity contribution is 5.23. The predicted molar refractivity (Wildman–Crippen MR) is 36.7 cm³/mol. The van der Waals surface area contributed by atoms with E-state index in [0.717, 1.165) is 12.1 Å². The molecule has 0 aromatic heterocycles. The van der Waals surface area contributed by atoms with Crippen molar-refractivity contribution in [2.24, 2.45) is 5.10 Å². The molecule has 0 fully saturated rings. The van der Waals surface area contributed by atoms with Crippen molar-refractivity contribution in [3.63, 3.8) is 0 Å². The second-order valence-corrected chi connectivity index (χ2v) is 1.44. The molecule has 8 heavy (non-hydrogen) atoms. The predicted octanol–water partition coefficient (Wildman–Crippen LogP) is 1.51. The average molecular weight is 112 g/mol. The zero-order chi connectivity index (χ0) is 6.41. The number of hydrogen-bond donors (Lipinski definition) is 1. The molecule has 0 aromatic carbocycles. The van der Waals surface area contributed by atoms with E-state index in [2.05, 4.69) is 24.2 Å². The Morgan fingerprint density at radius 2 is 2.50 bits per heavy atom. The van der Waals surface area contributed by atoms with Crippen LogP contribution in [0.5, 0.6) is 0 Å². The van der Waals surface area contributed by atoms with E-state index < -0.39 is 0 Å². The van der Waals surface area contributed by atoms with Gasteiger partial charge in [0.15, 0.2) is 0 Å². The van der Waals surface area contributed by atoms with Gasteiger partial charge in [-0.3, -0.25) is 5.43 Å². The molecule has 0 aromatic rings. The third-order valence-corrected chi connectivity index (χ3v) is 0.952. The van der Waals surface area contributed by atoms with Crippen molar-refractivity contribution >= 4 is 6.72 Å². The summed E-state index contributed by atoms with van der Waals surface area (Å²) in [6.45, 7) is 7.33. The van der Waals surface area contributed by atoms with Crippen LogP contribution in [-0.2, 0) is 0 Å². The second-order valence-electron chi connectivity index (χ2n) is 1.44. The zero-order valence-electron chi connectivity index (χ0n) is 5.44. The molecule has 46 valence electrons. The minimum atomic E-state index is 0.982. The summed E-state index contributed by atoms with van der Waals surface area (Å²) in [6, 6.07) is 0. The molecule has 1 N–H and O–H groups in total. The Morgan fingerprint density at radius 3 is 2.62 bits per heavy atom. The lowest BCUT2D eigenvalue weighted by Gasteiger charge is -1.98. The molecule has 0 unspecified atom stereocenters. The Labute approximate surface area is 50.3 Å². The van der Waals surface area contributed by atoms with Gasteiger partial charge in [-0.1, -0.05) is 13.0 Å². The van der Waals surface area contributed by atoms with Crippen LogP contribution >= 0.6 is 0 Å².